The number of carbonyl (C=O) groups excluding carboxylic acids is 1. The average molecular weight is 297 g/mol. The van der Waals surface area contributed by atoms with Gasteiger partial charge in [0.15, 0.2) is 0 Å². The lowest BCUT2D eigenvalue weighted by Gasteiger charge is -2.21. The zero-order valence-corrected chi connectivity index (χ0v) is 12.8. The second-order valence-electron chi connectivity index (χ2n) is 6.37. The second kappa shape index (κ2) is 7.64. The molecule has 2 amide bonds. The molecular weight excluding hydrogens is 270 g/mol. The summed E-state index contributed by atoms with van der Waals surface area (Å²) in [5.74, 6) is -0.437. The molecule has 0 spiro atoms. The Bertz CT molecular complexity index is 375. The van der Waals surface area contributed by atoms with Gasteiger partial charge in [0.25, 0.3) is 0 Å². The molecule has 0 aromatic heterocycles. The van der Waals surface area contributed by atoms with Crippen LogP contribution >= 0.6 is 0 Å². The Labute approximate surface area is 126 Å². The number of amides is 2. The zero-order valence-electron chi connectivity index (χ0n) is 12.8. The van der Waals surface area contributed by atoms with E-state index < -0.39 is 5.97 Å². The summed E-state index contributed by atoms with van der Waals surface area (Å²) in [5.41, 5.74) is 0. The number of aliphatic carboxylic acids is 1. The van der Waals surface area contributed by atoms with Crippen LogP contribution in [0, 0.1) is 5.92 Å². The van der Waals surface area contributed by atoms with Gasteiger partial charge in [-0.2, -0.15) is 0 Å². The maximum absolute atomic E-state index is 11.9. The number of carboxylic acids is 1. The Kier molecular flexibility index (Phi) is 5.85. The summed E-state index contributed by atoms with van der Waals surface area (Å²) >= 11 is 0. The highest BCUT2D eigenvalue weighted by molar-refractivity contribution is 5.74. The molecule has 0 aliphatic carbocycles. The number of nitrogens with one attached hydrogen (secondary N) is 2. The molecule has 0 aromatic carbocycles. The lowest BCUT2D eigenvalue weighted by atomic mass is 10.0. The van der Waals surface area contributed by atoms with E-state index in [0.29, 0.717) is 24.9 Å². The molecule has 0 saturated carbocycles. The van der Waals surface area contributed by atoms with Crippen LogP contribution in [0.25, 0.3) is 0 Å². The van der Waals surface area contributed by atoms with Crippen molar-refractivity contribution in [3.05, 3.63) is 0 Å². The van der Waals surface area contributed by atoms with Crippen molar-refractivity contribution in [2.24, 2.45) is 5.92 Å². The number of urea groups is 1. The predicted octanol–water partition coefficient (Wildman–Crippen LogP) is 1.41. The minimum atomic E-state index is -0.755. The van der Waals surface area contributed by atoms with E-state index in [4.69, 9.17) is 5.11 Å². The first kappa shape index (κ1) is 16.1. The quantitative estimate of drug-likeness (QED) is 0.663. The molecule has 0 radical (unpaired) electrons. The first-order valence-electron chi connectivity index (χ1n) is 8.06. The molecule has 2 heterocycles. The summed E-state index contributed by atoms with van der Waals surface area (Å²) < 4.78 is 0. The lowest BCUT2D eigenvalue weighted by molar-refractivity contribution is -0.137. The summed E-state index contributed by atoms with van der Waals surface area (Å²) in [6, 6.07) is 0.737. The SMILES string of the molecule is CC(CCNC(=O)NC1CCN2CCCC12)CCC(=O)O. The lowest BCUT2D eigenvalue weighted by Crippen LogP contribution is -2.47. The Morgan fingerprint density at radius 1 is 1.29 bits per heavy atom. The van der Waals surface area contributed by atoms with Gasteiger partial charge in [-0.25, -0.2) is 4.79 Å². The summed E-state index contributed by atoms with van der Waals surface area (Å²) in [7, 11) is 0. The highest BCUT2D eigenvalue weighted by Crippen LogP contribution is 2.27. The van der Waals surface area contributed by atoms with E-state index in [0.717, 1.165) is 19.4 Å². The minimum absolute atomic E-state index is 0.0841. The fraction of sp³-hybridized carbons (Fsp3) is 0.867. The van der Waals surface area contributed by atoms with Gasteiger partial charge in [0, 0.05) is 31.6 Å². The predicted molar refractivity (Wildman–Crippen MR) is 80.2 cm³/mol. The Balaban J connectivity index is 1.58. The van der Waals surface area contributed by atoms with Crippen molar-refractivity contribution >= 4 is 12.0 Å². The maximum Gasteiger partial charge on any atom is 0.315 e. The molecule has 3 N–H and O–H groups in total. The van der Waals surface area contributed by atoms with Crippen LogP contribution in [0.2, 0.25) is 0 Å². The van der Waals surface area contributed by atoms with Crippen molar-refractivity contribution in [1.82, 2.24) is 15.5 Å². The van der Waals surface area contributed by atoms with E-state index in [9.17, 15) is 9.59 Å². The number of nitrogens with zero attached hydrogens (tertiary/aromatic N) is 1. The van der Waals surface area contributed by atoms with E-state index >= 15 is 0 Å². The van der Waals surface area contributed by atoms with E-state index in [1.165, 1.54) is 19.4 Å². The van der Waals surface area contributed by atoms with Gasteiger partial charge >= 0.3 is 12.0 Å². The molecule has 6 heteroatoms. The molecule has 120 valence electrons. The number of carbonyl (C=O) groups is 2. The Hall–Kier alpha value is -1.30. The molecule has 21 heavy (non-hydrogen) atoms. The van der Waals surface area contributed by atoms with E-state index in [1.54, 1.807) is 0 Å². The third kappa shape index (κ3) is 4.88. The maximum atomic E-state index is 11.9. The van der Waals surface area contributed by atoms with Crippen LogP contribution in [0.3, 0.4) is 0 Å². The van der Waals surface area contributed by atoms with Gasteiger partial charge in [-0.3, -0.25) is 9.69 Å². The summed E-state index contributed by atoms with van der Waals surface area (Å²) in [6.07, 6.45) is 5.17. The van der Waals surface area contributed by atoms with Gasteiger partial charge in [-0.1, -0.05) is 6.92 Å². The molecule has 6 nitrogen and oxygen atoms in total. The molecule has 2 rings (SSSR count). The van der Waals surface area contributed by atoms with Crippen LogP contribution < -0.4 is 10.6 Å². The second-order valence-corrected chi connectivity index (χ2v) is 6.37. The van der Waals surface area contributed by atoms with Gasteiger partial charge in [-0.05, 0) is 44.6 Å². The Morgan fingerprint density at radius 2 is 2.10 bits per heavy atom. The highest BCUT2D eigenvalue weighted by atomic mass is 16.4. The van der Waals surface area contributed by atoms with Crippen LogP contribution in [0.5, 0.6) is 0 Å². The third-order valence-corrected chi connectivity index (χ3v) is 4.70. The van der Waals surface area contributed by atoms with E-state index in [2.05, 4.69) is 15.5 Å². The van der Waals surface area contributed by atoms with Gasteiger partial charge in [0.05, 0.1) is 0 Å². The van der Waals surface area contributed by atoms with Crippen molar-refractivity contribution in [1.29, 1.82) is 0 Å². The van der Waals surface area contributed by atoms with Crippen LogP contribution in [-0.2, 0) is 4.79 Å². The van der Waals surface area contributed by atoms with Crippen molar-refractivity contribution in [3.63, 3.8) is 0 Å². The molecule has 0 bridgehead atoms. The van der Waals surface area contributed by atoms with Crippen molar-refractivity contribution in [2.75, 3.05) is 19.6 Å². The van der Waals surface area contributed by atoms with Gasteiger partial charge in [-0.15, -0.1) is 0 Å². The van der Waals surface area contributed by atoms with Crippen molar-refractivity contribution in [2.45, 2.75) is 57.5 Å². The topological polar surface area (TPSA) is 81.7 Å². The molecule has 0 aromatic rings. The first-order chi connectivity index (χ1) is 10.1. The zero-order chi connectivity index (χ0) is 15.2. The summed E-state index contributed by atoms with van der Waals surface area (Å²) in [4.78, 5) is 24.9. The van der Waals surface area contributed by atoms with Gasteiger partial charge in [0.1, 0.15) is 0 Å². The summed E-state index contributed by atoms with van der Waals surface area (Å²) in [5, 5.41) is 14.6. The van der Waals surface area contributed by atoms with Crippen LogP contribution in [0.15, 0.2) is 0 Å². The molecular formula is C15H27N3O3. The Morgan fingerprint density at radius 3 is 2.86 bits per heavy atom. The molecule has 3 atom stereocenters. The number of fused-ring (bicyclic) bond motifs is 1. The van der Waals surface area contributed by atoms with E-state index in [-0.39, 0.29) is 18.5 Å². The minimum Gasteiger partial charge on any atom is -0.481 e. The van der Waals surface area contributed by atoms with Crippen LogP contribution in [0.1, 0.15) is 45.4 Å². The molecule has 3 unspecified atom stereocenters. The largest absolute Gasteiger partial charge is 0.481 e. The number of rotatable bonds is 7. The van der Waals surface area contributed by atoms with Gasteiger partial charge < -0.3 is 15.7 Å². The highest BCUT2D eigenvalue weighted by Gasteiger charge is 2.37. The van der Waals surface area contributed by atoms with E-state index in [1.807, 2.05) is 6.92 Å². The van der Waals surface area contributed by atoms with Crippen LogP contribution in [-0.4, -0.2) is 53.7 Å². The number of carboxylic acid groups (broad SMARTS) is 1. The summed E-state index contributed by atoms with van der Waals surface area (Å²) in [6.45, 7) is 4.90. The molecule has 2 fully saturated rings. The molecule has 2 aliphatic rings. The average Bonchev–Trinajstić information content (AvgIpc) is 3.01. The first-order valence-corrected chi connectivity index (χ1v) is 8.06. The third-order valence-electron chi connectivity index (χ3n) is 4.70. The standard InChI is InChI=1S/C15H27N3O3/c1-11(4-5-14(19)20)6-8-16-15(21)17-12-7-10-18-9-2-3-13(12)18/h11-13H,2-10H2,1H3,(H,19,20)(H2,16,17,21). The fourth-order valence-electron chi connectivity index (χ4n) is 3.42. The number of hydrogen-bond acceptors (Lipinski definition) is 3. The normalized spacial score (nSPS) is 26.3. The molecule has 2 aliphatic heterocycles. The van der Waals surface area contributed by atoms with Crippen molar-refractivity contribution < 1.29 is 14.7 Å². The van der Waals surface area contributed by atoms with Crippen molar-refractivity contribution in [3.8, 4) is 0 Å². The van der Waals surface area contributed by atoms with Crippen LogP contribution in [0.4, 0.5) is 4.79 Å². The monoisotopic (exact) mass is 297 g/mol. The smallest absolute Gasteiger partial charge is 0.315 e. The molecule has 2 saturated heterocycles. The van der Waals surface area contributed by atoms with Gasteiger partial charge in [0.2, 0.25) is 0 Å². The fourth-order valence-corrected chi connectivity index (χ4v) is 3.42. The number of hydrogen-bond donors (Lipinski definition) is 3.